The van der Waals surface area contributed by atoms with E-state index in [1.807, 2.05) is 0 Å². The number of hydrogen-bond acceptors (Lipinski definition) is 4. The fraction of sp³-hybridized carbons (Fsp3) is 0.308. The average molecular weight is 315 g/mol. The minimum Gasteiger partial charge on any atom is -0.469 e. The van der Waals surface area contributed by atoms with E-state index in [0.29, 0.717) is 21.4 Å². The standard InChI is InChI=1S/C13H12Cl2N2O3/c1-7-9(6-12(18)20-2)13(19)17(16-7)11-4-3-8(14)5-10(11)15/h3-5,9H,6H2,1-2H3. The fourth-order valence-electron chi connectivity index (χ4n) is 1.91. The summed E-state index contributed by atoms with van der Waals surface area (Å²) >= 11 is 11.9. The monoisotopic (exact) mass is 314 g/mol. The minimum atomic E-state index is -0.616. The number of benzene rings is 1. The molecule has 0 saturated heterocycles. The highest BCUT2D eigenvalue weighted by Crippen LogP contribution is 2.33. The molecule has 0 saturated carbocycles. The number of anilines is 1. The number of nitrogens with zero attached hydrogens (tertiary/aromatic N) is 2. The van der Waals surface area contributed by atoms with E-state index < -0.39 is 11.9 Å². The second-order valence-electron chi connectivity index (χ2n) is 4.32. The molecule has 0 radical (unpaired) electrons. The summed E-state index contributed by atoms with van der Waals surface area (Å²) in [6, 6.07) is 4.76. The zero-order chi connectivity index (χ0) is 14.9. The van der Waals surface area contributed by atoms with Crippen molar-refractivity contribution in [2.45, 2.75) is 13.3 Å². The van der Waals surface area contributed by atoms with E-state index in [0.717, 1.165) is 0 Å². The van der Waals surface area contributed by atoms with Crippen LogP contribution in [0.25, 0.3) is 0 Å². The van der Waals surface area contributed by atoms with Crippen LogP contribution in [0.4, 0.5) is 5.69 Å². The number of hydrogen-bond donors (Lipinski definition) is 0. The lowest BCUT2D eigenvalue weighted by atomic mass is 10.0. The molecule has 0 aromatic heterocycles. The number of amides is 1. The van der Waals surface area contributed by atoms with E-state index >= 15 is 0 Å². The van der Waals surface area contributed by atoms with Gasteiger partial charge in [-0.15, -0.1) is 0 Å². The molecule has 1 amide bonds. The second-order valence-corrected chi connectivity index (χ2v) is 5.16. The van der Waals surface area contributed by atoms with Crippen molar-refractivity contribution in [1.82, 2.24) is 0 Å². The minimum absolute atomic E-state index is 0.0353. The molecule has 1 aliphatic rings. The van der Waals surface area contributed by atoms with Gasteiger partial charge in [-0.1, -0.05) is 23.2 Å². The number of esters is 1. The number of hydrazone groups is 1. The smallest absolute Gasteiger partial charge is 0.306 e. The quantitative estimate of drug-likeness (QED) is 0.806. The predicted molar refractivity (Wildman–Crippen MR) is 77.2 cm³/mol. The largest absolute Gasteiger partial charge is 0.469 e. The molecular formula is C13H12Cl2N2O3. The molecule has 1 atom stereocenters. The average Bonchev–Trinajstić information content (AvgIpc) is 2.66. The number of carbonyl (C=O) groups is 2. The maximum Gasteiger partial charge on any atom is 0.306 e. The Labute approximate surface area is 126 Å². The summed E-state index contributed by atoms with van der Waals surface area (Å²) in [5.74, 6) is -1.38. The Kier molecular flexibility index (Phi) is 4.30. The highest BCUT2D eigenvalue weighted by atomic mass is 35.5. The summed E-state index contributed by atoms with van der Waals surface area (Å²) in [5.41, 5.74) is 0.985. The first kappa shape index (κ1) is 14.8. The van der Waals surface area contributed by atoms with Crippen LogP contribution in [0.1, 0.15) is 13.3 Å². The molecule has 1 aromatic carbocycles. The van der Waals surface area contributed by atoms with Crippen LogP contribution < -0.4 is 5.01 Å². The van der Waals surface area contributed by atoms with Gasteiger partial charge in [-0.2, -0.15) is 10.1 Å². The number of ether oxygens (including phenoxy) is 1. The second kappa shape index (κ2) is 5.81. The van der Waals surface area contributed by atoms with Crippen molar-refractivity contribution >= 4 is 46.5 Å². The maximum absolute atomic E-state index is 12.3. The lowest BCUT2D eigenvalue weighted by Gasteiger charge is -2.15. The van der Waals surface area contributed by atoms with E-state index in [4.69, 9.17) is 23.2 Å². The molecule has 2 rings (SSSR count). The Morgan fingerprint density at radius 2 is 2.15 bits per heavy atom. The first-order valence-corrected chi connectivity index (χ1v) is 6.60. The maximum atomic E-state index is 12.3. The summed E-state index contributed by atoms with van der Waals surface area (Å²) in [5, 5.41) is 6.15. The van der Waals surface area contributed by atoms with Crippen LogP contribution >= 0.6 is 23.2 Å². The van der Waals surface area contributed by atoms with Gasteiger partial charge in [-0.3, -0.25) is 9.59 Å². The molecule has 1 aliphatic heterocycles. The summed E-state index contributed by atoms with van der Waals surface area (Å²) in [7, 11) is 1.28. The van der Waals surface area contributed by atoms with E-state index in [2.05, 4.69) is 9.84 Å². The molecule has 1 unspecified atom stereocenters. The van der Waals surface area contributed by atoms with Crippen LogP contribution in [0.3, 0.4) is 0 Å². The van der Waals surface area contributed by atoms with Crippen LogP contribution in [0.15, 0.2) is 23.3 Å². The van der Waals surface area contributed by atoms with Crippen molar-refractivity contribution in [2.75, 3.05) is 12.1 Å². The summed E-state index contributed by atoms with van der Waals surface area (Å²) in [4.78, 5) is 23.6. The molecule has 1 aromatic rings. The number of carbonyl (C=O) groups excluding carboxylic acids is 2. The van der Waals surface area contributed by atoms with Crippen molar-refractivity contribution in [3.8, 4) is 0 Å². The number of halogens is 2. The molecule has 0 fully saturated rings. The van der Waals surface area contributed by atoms with Gasteiger partial charge in [-0.05, 0) is 25.1 Å². The molecule has 20 heavy (non-hydrogen) atoms. The normalized spacial score (nSPS) is 18.2. The third-order valence-corrected chi connectivity index (χ3v) is 3.54. The number of rotatable bonds is 3. The molecule has 106 valence electrons. The van der Waals surface area contributed by atoms with E-state index in [9.17, 15) is 9.59 Å². The molecule has 0 aliphatic carbocycles. The van der Waals surface area contributed by atoms with Gasteiger partial charge in [-0.25, -0.2) is 0 Å². The first-order valence-electron chi connectivity index (χ1n) is 5.85. The topological polar surface area (TPSA) is 59.0 Å². The predicted octanol–water partition coefficient (Wildman–Crippen LogP) is 2.90. The summed E-state index contributed by atoms with van der Waals surface area (Å²) < 4.78 is 4.58. The van der Waals surface area contributed by atoms with Crippen molar-refractivity contribution < 1.29 is 14.3 Å². The zero-order valence-electron chi connectivity index (χ0n) is 10.9. The van der Waals surface area contributed by atoms with Crippen LogP contribution in [-0.2, 0) is 14.3 Å². The Morgan fingerprint density at radius 3 is 2.75 bits per heavy atom. The SMILES string of the molecule is COC(=O)CC1C(=O)N(c2ccc(Cl)cc2Cl)N=C1C. The Morgan fingerprint density at radius 1 is 1.45 bits per heavy atom. The van der Waals surface area contributed by atoms with Crippen LogP contribution in [-0.4, -0.2) is 24.7 Å². The highest BCUT2D eigenvalue weighted by Gasteiger charge is 2.36. The van der Waals surface area contributed by atoms with Gasteiger partial charge in [0.05, 0.1) is 30.2 Å². The summed E-state index contributed by atoms with van der Waals surface area (Å²) in [6.45, 7) is 1.69. The third-order valence-electron chi connectivity index (χ3n) is 3.01. The van der Waals surface area contributed by atoms with Gasteiger partial charge >= 0.3 is 5.97 Å². The van der Waals surface area contributed by atoms with E-state index in [1.165, 1.54) is 18.2 Å². The molecule has 0 spiro atoms. The van der Waals surface area contributed by atoms with Crippen LogP contribution in [0.2, 0.25) is 10.0 Å². The van der Waals surface area contributed by atoms with Gasteiger partial charge in [0.15, 0.2) is 0 Å². The zero-order valence-corrected chi connectivity index (χ0v) is 12.4. The molecule has 7 heteroatoms. The molecule has 0 N–H and O–H groups in total. The van der Waals surface area contributed by atoms with E-state index in [-0.39, 0.29) is 12.3 Å². The molecular weight excluding hydrogens is 303 g/mol. The van der Waals surface area contributed by atoms with Crippen molar-refractivity contribution in [1.29, 1.82) is 0 Å². The van der Waals surface area contributed by atoms with E-state index in [1.54, 1.807) is 19.1 Å². The van der Waals surface area contributed by atoms with Crippen molar-refractivity contribution in [2.24, 2.45) is 11.0 Å². The fourth-order valence-corrected chi connectivity index (χ4v) is 2.40. The third kappa shape index (κ3) is 2.78. The molecule has 0 bridgehead atoms. The lowest BCUT2D eigenvalue weighted by molar-refractivity contribution is -0.142. The number of methoxy groups -OCH3 is 1. The van der Waals surface area contributed by atoms with Gasteiger partial charge in [0, 0.05) is 10.7 Å². The van der Waals surface area contributed by atoms with Gasteiger partial charge < -0.3 is 4.74 Å². The van der Waals surface area contributed by atoms with Gasteiger partial charge in [0.1, 0.15) is 0 Å². The highest BCUT2D eigenvalue weighted by molar-refractivity contribution is 6.37. The van der Waals surface area contributed by atoms with Crippen molar-refractivity contribution in [3.05, 3.63) is 28.2 Å². The molecule has 5 nitrogen and oxygen atoms in total. The van der Waals surface area contributed by atoms with Crippen molar-refractivity contribution in [3.63, 3.8) is 0 Å². The van der Waals surface area contributed by atoms with Gasteiger partial charge in [0.25, 0.3) is 5.91 Å². The Hall–Kier alpha value is -1.59. The lowest BCUT2D eigenvalue weighted by Crippen LogP contribution is -2.29. The molecule has 1 heterocycles. The van der Waals surface area contributed by atoms with Crippen LogP contribution in [0, 0.1) is 5.92 Å². The van der Waals surface area contributed by atoms with Gasteiger partial charge in [0.2, 0.25) is 0 Å². The summed E-state index contributed by atoms with van der Waals surface area (Å²) in [6.07, 6.45) is -0.0353. The van der Waals surface area contributed by atoms with Crippen LogP contribution in [0.5, 0.6) is 0 Å². The Bertz CT molecular complexity index is 601. The first-order chi connectivity index (χ1) is 9.43. The Balaban J connectivity index is 2.28.